The van der Waals surface area contributed by atoms with Crippen molar-refractivity contribution in [3.8, 4) is 5.75 Å². The Kier molecular flexibility index (Phi) is 12.6. The maximum Gasteiger partial charge on any atom is 0.119 e. The van der Waals surface area contributed by atoms with Crippen LogP contribution in [0.3, 0.4) is 0 Å². The number of rotatable bonds is 9. The zero-order chi connectivity index (χ0) is 14.3. The van der Waals surface area contributed by atoms with E-state index in [1.807, 2.05) is 45.0 Å². The van der Waals surface area contributed by atoms with E-state index in [9.17, 15) is 0 Å². The lowest BCUT2D eigenvalue weighted by atomic mass is 10.2. The molecule has 0 aliphatic rings. The number of nitrogens with two attached hydrogens (primary N) is 1. The van der Waals surface area contributed by atoms with Crippen molar-refractivity contribution in [2.75, 3.05) is 39.6 Å². The third-order valence-electron chi connectivity index (χ3n) is 2.12. The van der Waals surface area contributed by atoms with Crippen LogP contribution in [0.15, 0.2) is 24.3 Å². The van der Waals surface area contributed by atoms with Gasteiger partial charge in [-0.15, -0.1) is 0 Å². The van der Waals surface area contributed by atoms with Crippen LogP contribution in [-0.2, 0) is 9.47 Å². The molecule has 0 aromatic heterocycles. The molecule has 1 rings (SSSR count). The van der Waals surface area contributed by atoms with Crippen molar-refractivity contribution in [1.29, 1.82) is 0 Å². The van der Waals surface area contributed by atoms with Crippen LogP contribution in [0, 0.1) is 6.92 Å². The van der Waals surface area contributed by atoms with Crippen molar-refractivity contribution in [3.63, 3.8) is 0 Å². The molecule has 0 saturated heterocycles. The SMILES string of the molecule is CC.Cc1cccc(OCCOCCOCCN)c1. The van der Waals surface area contributed by atoms with E-state index in [1.54, 1.807) is 0 Å². The Balaban J connectivity index is 0.00000154. The molecule has 4 nitrogen and oxygen atoms in total. The van der Waals surface area contributed by atoms with Gasteiger partial charge in [0.15, 0.2) is 0 Å². The largest absolute Gasteiger partial charge is 0.491 e. The first-order valence-electron chi connectivity index (χ1n) is 6.88. The quantitative estimate of drug-likeness (QED) is 0.699. The van der Waals surface area contributed by atoms with Crippen molar-refractivity contribution in [3.05, 3.63) is 29.8 Å². The lowest BCUT2D eigenvalue weighted by molar-refractivity contribution is 0.0388. The maximum atomic E-state index is 5.53. The zero-order valence-corrected chi connectivity index (χ0v) is 12.4. The highest BCUT2D eigenvalue weighted by Crippen LogP contribution is 2.11. The van der Waals surface area contributed by atoms with Crippen LogP contribution in [0.1, 0.15) is 19.4 Å². The summed E-state index contributed by atoms with van der Waals surface area (Å²) in [5, 5.41) is 0. The Hall–Kier alpha value is -1.10. The molecule has 0 saturated carbocycles. The minimum absolute atomic E-state index is 0.552. The first-order chi connectivity index (χ1) is 9.33. The molecule has 1 aromatic rings. The van der Waals surface area contributed by atoms with Crippen LogP contribution in [0.25, 0.3) is 0 Å². The van der Waals surface area contributed by atoms with E-state index >= 15 is 0 Å². The van der Waals surface area contributed by atoms with Gasteiger partial charge in [-0.1, -0.05) is 26.0 Å². The van der Waals surface area contributed by atoms with Gasteiger partial charge in [0.25, 0.3) is 0 Å². The van der Waals surface area contributed by atoms with E-state index in [0.29, 0.717) is 39.6 Å². The van der Waals surface area contributed by atoms with Crippen LogP contribution in [0.2, 0.25) is 0 Å². The zero-order valence-electron chi connectivity index (χ0n) is 12.4. The summed E-state index contributed by atoms with van der Waals surface area (Å²) in [7, 11) is 0. The third kappa shape index (κ3) is 10.5. The highest BCUT2D eigenvalue weighted by Gasteiger charge is 1.94. The molecule has 0 unspecified atom stereocenters. The van der Waals surface area contributed by atoms with Crippen LogP contribution < -0.4 is 10.5 Å². The van der Waals surface area contributed by atoms with Gasteiger partial charge in [-0.2, -0.15) is 0 Å². The number of aryl methyl sites for hydroxylation is 1. The van der Waals surface area contributed by atoms with Crippen LogP contribution in [0.5, 0.6) is 5.75 Å². The molecule has 19 heavy (non-hydrogen) atoms. The monoisotopic (exact) mass is 269 g/mol. The average molecular weight is 269 g/mol. The molecule has 0 atom stereocenters. The lowest BCUT2D eigenvalue weighted by Crippen LogP contribution is -2.14. The van der Waals surface area contributed by atoms with E-state index in [-0.39, 0.29) is 0 Å². The molecule has 0 radical (unpaired) electrons. The minimum Gasteiger partial charge on any atom is -0.491 e. The lowest BCUT2D eigenvalue weighted by Gasteiger charge is -2.07. The Morgan fingerprint density at radius 2 is 1.58 bits per heavy atom. The Morgan fingerprint density at radius 1 is 0.947 bits per heavy atom. The highest BCUT2D eigenvalue weighted by molar-refractivity contribution is 5.27. The Morgan fingerprint density at radius 3 is 2.21 bits per heavy atom. The summed E-state index contributed by atoms with van der Waals surface area (Å²) in [6.07, 6.45) is 0. The first kappa shape index (κ1) is 17.9. The van der Waals surface area contributed by atoms with Gasteiger partial charge in [0.1, 0.15) is 12.4 Å². The first-order valence-corrected chi connectivity index (χ1v) is 6.88. The van der Waals surface area contributed by atoms with Crippen molar-refractivity contribution >= 4 is 0 Å². The maximum absolute atomic E-state index is 5.53. The van der Waals surface area contributed by atoms with E-state index in [1.165, 1.54) is 5.56 Å². The van der Waals surface area contributed by atoms with Crippen LogP contribution >= 0.6 is 0 Å². The molecular formula is C15H27NO3. The van der Waals surface area contributed by atoms with Crippen molar-refractivity contribution in [2.45, 2.75) is 20.8 Å². The van der Waals surface area contributed by atoms with E-state index < -0.39 is 0 Å². The summed E-state index contributed by atoms with van der Waals surface area (Å²) in [5.74, 6) is 0.882. The normalized spacial score (nSPS) is 9.68. The average Bonchev–Trinajstić information content (AvgIpc) is 2.44. The molecule has 0 amide bonds. The topological polar surface area (TPSA) is 53.7 Å². The second-order valence-corrected chi connectivity index (χ2v) is 3.68. The fourth-order valence-corrected chi connectivity index (χ4v) is 1.33. The van der Waals surface area contributed by atoms with E-state index in [0.717, 1.165) is 5.75 Å². The summed E-state index contributed by atoms with van der Waals surface area (Å²) < 4.78 is 16.0. The Labute approximate surface area is 116 Å². The molecule has 0 fully saturated rings. The molecular weight excluding hydrogens is 242 g/mol. The van der Waals surface area contributed by atoms with Gasteiger partial charge < -0.3 is 19.9 Å². The number of hydrogen-bond donors (Lipinski definition) is 1. The van der Waals surface area contributed by atoms with Crippen LogP contribution in [-0.4, -0.2) is 39.6 Å². The number of hydrogen-bond acceptors (Lipinski definition) is 4. The molecule has 1 aromatic carbocycles. The summed E-state index contributed by atoms with van der Waals surface area (Å²) in [6.45, 7) is 9.47. The van der Waals surface area contributed by atoms with Crippen molar-refractivity contribution in [2.24, 2.45) is 5.73 Å². The molecule has 0 bridgehead atoms. The molecule has 2 N–H and O–H groups in total. The summed E-state index contributed by atoms with van der Waals surface area (Å²) in [5.41, 5.74) is 6.47. The van der Waals surface area contributed by atoms with Crippen molar-refractivity contribution < 1.29 is 14.2 Å². The molecule has 0 aliphatic heterocycles. The third-order valence-corrected chi connectivity index (χ3v) is 2.12. The van der Waals surface area contributed by atoms with E-state index in [2.05, 4.69) is 0 Å². The fraction of sp³-hybridized carbons (Fsp3) is 0.600. The molecule has 110 valence electrons. The molecule has 4 heteroatoms. The van der Waals surface area contributed by atoms with Gasteiger partial charge in [0.2, 0.25) is 0 Å². The smallest absolute Gasteiger partial charge is 0.119 e. The second kappa shape index (κ2) is 13.3. The summed E-state index contributed by atoms with van der Waals surface area (Å²) in [6, 6.07) is 7.96. The van der Waals surface area contributed by atoms with Gasteiger partial charge in [-0.25, -0.2) is 0 Å². The predicted octanol–water partition coefficient (Wildman–Crippen LogP) is 2.39. The van der Waals surface area contributed by atoms with Gasteiger partial charge in [0.05, 0.1) is 26.4 Å². The molecule has 0 heterocycles. The number of benzene rings is 1. The predicted molar refractivity (Wildman–Crippen MR) is 78.7 cm³/mol. The Bertz CT molecular complexity index is 305. The summed E-state index contributed by atoms with van der Waals surface area (Å²) >= 11 is 0. The van der Waals surface area contributed by atoms with E-state index in [4.69, 9.17) is 19.9 Å². The van der Waals surface area contributed by atoms with Crippen molar-refractivity contribution in [1.82, 2.24) is 0 Å². The highest BCUT2D eigenvalue weighted by atomic mass is 16.5. The molecule has 0 aliphatic carbocycles. The van der Waals surface area contributed by atoms with Gasteiger partial charge in [-0.3, -0.25) is 0 Å². The number of ether oxygens (including phenoxy) is 3. The van der Waals surface area contributed by atoms with Gasteiger partial charge >= 0.3 is 0 Å². The second-order valence-electron chi connectivity index (χ2n) is 3.68. The van der Waals surface area contributed by atoms with Crippen LogP contribution in [0.4, 0.5) is 0 Å². The fourth-order valence-electron chi connectivity index (χ4n) is 1.33. The van der Waals surface area contributed by atoms with Gasteiger partial charge in [0, 0.05) is 6.54 Å². The molecule has 0 spiro atoms. The minimum atomic E-state index is 0.552. The van der Waals surface area contributed by atoms with Gasteiger partial charge in [-0.05, 0) is 24.6 Å². The summed E-state index contributed by atoms with van der Waals surface area (Å²) in [4.78, 5) is 0. The standard InChI is InChI=1S/C13H21NO3.C2H6/c1-12-3-2-4-13(11-12)17-10-9-16-8-7-15-6-5-14;1-2/h2-4,11H,5-10,14H2,1H3;1-2H3.